The van der Waals surface area contributed by atoms with Gasteiger partial charge in [0, 0.05) is 7.11 Å². The highest BCUT2D eigenvalue weighted by atomic mass is 16.8. The molecule has 1 rings (SSSR count). The van der Waals surface area contributed by atoms with Crippen molar-refractivity contribution >= 4 is 0 Å². The highest BCUT2D eigenvalue weighted by molar-refractivity contribution is 4.74. The van der Waals surface area contributed by atoms with Gasteiger partial charge in [-0.3, -0.25) is 0 Å². The van der Waals surface area contributed by atoms with E-state index < -0.39 is 0 Å². The van der Waals surface area contributed by atoms with Gasteiger partial charge >= 0.3 is 0 Å². The Kier molecular flexibility index (Phi) is 1.27. The van der Waals surface area contributed by atoms with Crippen molar-refractivity contribution in [3.8, 4) is 0 Å². The van der Waals surface area contributed by atoms with Gasteiger partial charge in [0.1, 0.15) is 6.10 Å². The fraction of sp³-hybridized carbons (Fsp3) is 1.00. The van der Waals surface area contributed by atoms with E-state index in [2.05, 4.69) is 4.74 Å². The van der Waals surface area contributed by atoms with Crippen molar-refractivity contribution in [3.05, 3.63) is 0 Å². The minimum absolute atomic E-state index is 0.0509. The number of hydrogen-bond acceptors (Lipinski definition) is 3. The first-order valence-electron chi connectivity index (χ1n) is 2.17. The van der Waals surface area contributed by atoms with Crippen molar-refractivity contribution in [2.45, 2.75) is 12.4 Å². The van der Waals surface area contributed by atoms with Crippen LogP contribution in [0, 0.1) is 0 Å². The van der Waals surface area contributed by atoms with Crippen LogP contribution in [-0.4, -0.2) is 31.2 Å². The van der Waals surface area contributed by atoms with Crippen LogP contribution >= 0.6 is 0 Å². The summed E-state index contributed by atoms with van der Waals surface area (Å²) in [5, 5.41) is 8.30. The summed E-state index contributed by atoms with van der Waals surface area (Å²) in [6.07, 6.45) is -0.185. The van der Waals surface area contributed by atoms with Crippen LogP contribution in [0.1, 0.15) is 0 Å². The molecule has 3 nitrogen and oxygen atoms in total. The topological polar surface area (TPSA) is 42.0 Å². The van der Waals surface area contributed by atoms with Gasteiger partial charge in [-0.1, -0.05) is 0 Å². The Morgan fingerprint density at radius 1 is 1.86 bits per heavy atom. The Labute approximate surface area is 41.8 Å². The van der Waals surface area contributed by atoms with E-state index in [-0.39, 0.29) is 19.0 Å². The molecule has 0 bridgehead atoms. The molecule has 2 atom stereocenters. The molecule has 0 spiro atoms. The summed E-state index contributed by atoms with van der Waals surface area (Å²) in [4.78, 5) is 0. The molecule has 1 N–H and O–H groups in total. The zero-order chi connectivity index (χ0) is 5.28. The molecule has 1 aliphatic rings. The van der Waals surface area contributed by atoms with Crippen molar-refractivity contribution < 1.29 is 14.6 Å². The standard InChI is InChI=1S/C4H8O3/c1-6-4-3(2-5)7-4/h3-5H,2H2,1H3. The molecule has 1 aliphatic heterocycles. The van der Waals surface area contributed by atoms with E-state index in [1.807, 2.05) is 0 Å². The lowest BCUT2D eigenvalue weighted by Gasteiger charge is -1.82. The van der Waals surface area contributed by atoms with Crippen molar-refractivity contribution in [2.24, 2.45) is 0 Å². The molecule has 0 aromatic rings. The van der Waals surface area contributed by atoms with Gasteiger partial charge in [0.15, 0.2) is 6.29 Å². The lowest BCUT2D eigenvalue weighted by molar-refractivity contribution is 0.0950. The number of epoxide rings is 1. The van der Waals surface area contributed by atoms with E-state index in [1.165, 1.54) is 0 Å². The Morgan fingerprint density at radius 2 is 2.57 bits per heavy atom. The summed E-state index contributed by atoms with van der Waals surface area (Å²) in [5.41, 5.74) is 0. The first kappa shape index (κ1) is 5.03. The number of ether oxygens (including phenoxy) is 2. The molecule has 42 valence electrons. The molecule has 1 saturated heterocycles. The van der Waals surface area contributed by atoms with E-state index in [9.17, 15) is 0 Å². The predicted molar refractivity (Wildman–Crippen MR) is 22.8 cm³/mol. The molecule has 0 amide bonds. The smallest absolute Gasteiger partial charge is 0.186 e. The Hall–Kier alpha value is -0.120. The lowest BCUT2D eigenvalue weighted by Crippen LogP contribution is -1.99. The highest BCUT2D eigenvalue weighted by Gasteiger charge is 2.38. The third-order valence-electron chi connectivity index (χ3n) is 0.948. The third kappa shape index (κ3) is 0.907. The average molecular weight is 104 g/mol. The molecule has 0 aromatic carbocycles. The highest BCUT2D eigenvalue weighted by Crippen LogP contribution is 2.20. The third-order valence-corrected chi connectivity index (χ3v) is 0.948. The van der Waals surface area contributed by atoms with Crippen LogP contribution in [0.5, 0.6) is 0 Å². The summed E-state index contributed by atoms with van der Waals surface area (Å²) in [6, 6.07) is 0. The maximum Gasteiger partial charge on any atom is 0.186 e. The number of methoxy groups -OCH3 is 1. The SMILES string of the molecule is COC1OC1CO. The second-order valence-electron chi connectivity index (χ2n) is 1.46. The van der Waals surface area contributed by atoms with Gasteiger partial charge in [-0.05, 0) is 0 Å². The normalized spacial score (nSPS) is 38.6. The molecule has 3 heteroatoms. The van der Waals surface area contributed by atoms with Crippen LogP contribution in [0.15, 0.2) is 0 Å². The van der Waals surface area contributed by atoms with Crippen molar-refractivity contribution in [1.82, 2.24) is 0 Å². The van der Waals surface area contributed by atoms with Crippen LogP contribution < -0.4 is 0 Å². The quantitative estimate of drug-likeness (QED) is 0.473. The Bertz CT molecular complexity index is 56.0. The molecule has 0 radical (unpaired) electrons. The van der Waals surface area contributed by atoms with Crippen LogP contribution in [0.25, 0.3) is 0 Å². The summed E-state index contributed by atoms with van der Waals surface area (Å²) >= 11 is 0. The van der Waals surface area contributed by atoms with Crippen molar-refractivity contribution in [1.29, 1.82) is 0 Å². The molecular weight excluding hydrogens is 96.0 g/mol. The summed E-state index contributed by atoms with van der Waals surface area (Å²) in [7, 11) is 1.56. The van der Waals surface area contributed by atoms with Crippen molar-refractivity contribution in [2.75, 3.05) is 13.7 Å². The van der Waals surface area contributed by atoms with Gasteiger partial charge in [0.25, 0.3) is 0 Å². The fourth-order valence-electron chi connectivity index (χ4n) is 0.463. The van der Waals surface area contributed by atoms with Gasteiger partial charge in [-0.25, -0.2) is 0 Å². The van der Waals surface area contributed by atoms with Crippen LogP contribution in [0.4, 0.5) is 0 Å². The molecular formula is C4H8O3. The zero-order valence-electron chi connectivity index (χ0n) is 4.13. The maximum absolute atomic E-state index is 8.30. The first-order chi connectivity index (χ1) is 3.38. The number of rotatable bonds is 2. The van der Waals surface area contributed by atoms with E-state index in [4.69, 9.17) is 9.84 Å². The molecule has 2 unspecified atom stereocenters. The minimum atomic E-state index is -0.134. The minimum Gasteiger partial charge on any atom is -0.393 e. The van der Waals surface area contributed by atoms with Crippen LogP contribution in [0.3, 0.4) is 0 Å². The van der Waals surface area contributed by atoms with Gasteiger partial charge in [-0.15, -0.1) is 0 Å². The number of aliphatic hydroxyl groups excluding tert-OH is 1. The van der Waals surface area contributed by atoms with Gasteiger partial charge in [0.2, 0.25) is 0 Å². The van der Waals surface area contributed by atoms with Crippen LogP contribution in [0.2, 0.25) is 0 Å². The lowest BCUT2D eigenvalue weighted by atomic mass is 10.5. The van der Waals surface area contributed by atoms with E-state index in [1.54, 1.807) is 7.11 Å². The monoisotopic (exact) mass is 104 g/mol. The largest absolute Gasteiger partial charge is 0.393 e. The molecule has 1 heterocycles. The van der Waals surface area contributed by atoms with E-state index in [0.29, 0.717) is 0 Å². The average Bonchev–Trinajstić information content (AvgIpc) is 2.43. The van der Waals surface area contributed by atoms with Gasteiger partial charge in [0.05, 0.1) is 6.61 Å². The molecule has 1 fully saturated rings. The molecule has 0 aliphatic carbocycles. The fourth-order valence-corrected chi connectivity index (χ4v) is 0.463. The molecule has 0 saturated carbocycles. The summed E-state index contributed by atoms with van der Waals surface area (Å²) in [5.74, 6) is 0. The second-order valence-corrected chi connectivity index (χ2v) is 1.46. The van der Waals surface area contributed by atoms with Gasteiger partial charge < -0.3 is 14.6 Å². The summed E-state index contributed by atoms with van der Waals surface area (Å²) < 4.78 is 9.43. The molecule has 7 heavy (non-hydrogen) atoms. The molecule has 0 aromatic heterocycles. The van der Waals surface area contributed by atoms with Crippen molar-refractivity contribution in [3.63, 3.8) is 0 Å². The van der Waals surface area contributed by atoms with Gasteiger partial charge in [-0.2, -0.15) is 0 Å². The number of hydrogen-bond donors (Lipinski definition) is 1. The predicted octanol–water partition coefficient (Wildman–Crippen LogP) is -0.650. The zero-order valence-corrected chi connectivity index (χ0v) is 4.13. The Morgan fingerprint density at radius 3 is 2.71 bits per heavy atom. The van der Waals surface area contributed by atoms with Crippen LogP contribution in [-0.2, 0) is 9.47 Å². The second kappa shape index (κ2) is 1.78. The van der Waals surface area contributed by atoms with E-state index >= 15 is 0 Å². The van der Waals surface area contributed by atoms with E-state index in [0.717, 1.165) is 0 Å². The summed E-state index contributed by atoms with van der Waals surface area (Å²) in [6.45, 7) is 0.0680. The Balaban J connectivity index is 2.06. The number of aliphatic hydroxyl groups is 1. The maximum atomic E-state index is 8.30. The first-order valence-corrected chi connectivity index (χ1v) is 2.17.